The summed E-state index contributed by atoms with van der Waals surface area (Å²) in [5.74, 6) is -2.16. The van der Waals surface area contributed by atoms with Gasteiger partial charge in [-0.15, -0.1) is 0 Å². The molecule has 3 N–H and O–H groups in total. The van der Waals surface area contributed by atoms with Crippen LogP contribution in [0.25, 0.3) is 11.1 Å². The molecule has 0 fully saturated rings. The number of amides is 1. The lowest BCUT2D eigenvalue weighted by molar-refractivity contribution is -0.111. The SMILES string of the molecule is Cc1ccc(N2C(=O)/C(=N\Nc3cccc(-c4cccc(C(=O)O)c4)c3O)c3c2ccc(F)c3C)cc1C. The highest BCUT2D eigenvalue weighted by atomic mass is 19.1. The molecule has 4 aromatic rings. The first kappa shape index (κ1) is 24.7. The van der Waals surface area contributed by atoms with Crippen molar-refractivity contribution in [2.45, 2.75) is 20.8 Å². The van der Waals surface area contributed by atoms with Crippen LogP contribution in [0.2, 0.25) is 0 Å². The molecular formula is C30H24FN3O4. The van der Waals surface area contributed by atoms with Crippen molar-refractivity contribution in [3.05, 3.63) is 106 Å². The Labute approximate surface area is 218 Å². The van der Waals surface area contributed by atoms with Crippen LogP contribution in [0.3, 0.4) is 0 Å². The topological polar surface area (TPSA) is 102 Å². The summed E-state index contributed by atoms with van der Waals surface area (Å²) >= 11 is 0. The van der Waals surface area contributed by atoms with Gasteiger partial charge in [0.25, 0.3) is 5.91 Å². The second kappa shape index (κ2) is 9.48. The van der Waals surface area contributed by atoms with Gasteiger partial charge in [0.1, 0.15) is 11.6 Å². The number of carboxylic acids is 1. The summed E-state index contributed by atoms with van der Waals surface area (Å²) < 4.78 is 14.6. The van der Waals surface area contributed by atoms with E-state index in [2.05, 4.69) is 10.5 Å². The summed E-state index contributed by atoms with van der Waals surface area (Å²) in [6, 6.07) is 19.6. The Morgan fingerprint density at radius 3 is 2.45 bits per heavy atom. The van der Waals surface area contributed by atoms with Crippen LogP contribution in [0.4, 0.5) is 21.5 Å². The molecule has 4 aromatic carbocycles. The predicted octanol–water partition coefficient (Wildman–Crippen LogP) is 6.32. The molecule has 0 aromatic heterocycles. The van der Waals surface area contributed by atoms with E-state index in [9.17, 15) is 24.2 Å². The number of phenols is 1. The molecule has 190 valence electrons. The molecule has 0 aliphatic carbocycles. The predicted molar refractivity (Wildman–Crippen MR) is 145 cm³/mol. The number of rotatable bonds is 5. The molecule has 0 saturated heterocycles. The smallest absolute Gasteiger partial charge is 0.335 e. The van der Waals surface area contributed by atoms with Gasteiger partial charge in [-0.1, -0.05) is 30.3 Å². The molecule has 0 bridgehead atoms. The number of carbonyl (C=O) groups is 2. The summed E-state index contributed by atoms with van der Waals surface area (Å²) in [4.78, 5) is 26.5. The molecule has 8 heteroatoms. The Balaban J connectivity index is 1.56. The highest BCUT2D eigenvalue weighted by molar-refractivity contribution is 6.56. The van der Waals surface area contributed by atoms with Crippen molar-refractivity contribution in [2.24, 2.45) is 5.10 Å². The summed E-state index contributed by atoms with van der Waals surface area (Å²) in [7, 11) is 0. The van der Waals surface area contributed by atoms with Crippen LogP contribution in [0.15, 0.2) is 77.9 Å². The maximum absolute atomic E-state index is 14.6. The van der Waals surface area contributed by atoms with E-state index in [1.165, 1.54) is 23.1 Å². The fraction of sp³-hybridized carbons (Fsp3) is 0.100. The minimum absolute atomic E-state index is 0.00732. The largest absolute Gasteiger partial charge is 0.505 e. The maximum Gasteiger partial charge on any atom is 0.335 e. The fourth-order valence-corrected chi connectivity index (χ4v) is 4.51. The zero-order valence-corrected chi connectivity index (χ0v) is 20.9. The number of fused-ring (bicyclic) bond motifs is 1. The number of carbonyl (C=O) groups excluding carboxylic acids is 1. The van der Waals surface area contributed by atoms with Crippen LogP contribution in [0.5, 0.6) is 5.75 Å². The highest BCUT2D eigenvalue weighted by Gasteiger charge is 2.37. The third-order valence-corrected chi connectivity index (χ3v) is 6.75. The zero-order valence-electron chi connectivity index (χ0n) is 20.9. The van der Waals surface area contributed by atoms with E-state index in [4.69, 9.17) is 0 Å². The van der Waals surface area contributed by atoms with Gasteiger partial charge in [0.05, 0.1) is 16.9 Å². The van der Waals surface area contributed by atoms with Gasteiger partial charge in [-0.25, -0.2) is 9.18 Å². The highest BCUT2D eigenvalue weighted by Crippen LogP contribution is 2.40. The molecule has 5 rings (SSSR count). The lowest BCUT2D eigenvalue weighted by atomic mass is 10.0. The molecule has 7 nitrogen and oxygen atoms in total. The number of hydrogen-bond donors (Lipinski definition) is 3. The Morgan fingerprint density at radius 2 is 1.71 bits per heavy atom. The molecule has 0 saturated carbocycles. The van der Waals surface area contributed by atoms with Gasteiger partial charge in [0, 0.05) is 16.8 Å². The number of nitrogens with zero attached hydrogens (tertiary/aromatic N) is 2. The van der Waals surface area contributed by atoms with Crippen molar-refractivity contribution in [1.29, 1.82) is 0 Å². The van der Waals surface area contributed by atoms with E-state index in [0.29, 0.717) is 28.1 Å². The second-order valence-corrected chi connectivity index (χ2v) is 9.14. The van der Waals surface area contributed by atoms with E-state index < -0.39 is 17.7 Å². The number of halogens is 1. The average Bonchev–Trinajstić information content (AvgIpc) is 3.19. The number of benzene rings is 4. The minimum Gasteiger partial charge on any atom is -0.505 e. The number of phenolic OH excluding ortho intramolecular Hbond substituents is 1. The number of aromatic carboxylic acids is 1. The van der Waals surface area contributed by atoms with Crippen LogP contribution in [0, 0.1) is 26.6 Å². The van der Waals surface area contributed by atoms with Crippen molar-refractivity contribution < 1.29 is 24.2 Å². The number of aryl methyl sites for hydroxylation is 2. The van der Waals surface area contributed by atoms with E-state index in [-0.39, 0.29) is 28.3 Å². The molecular weight excluding hydrogens is 485 g/mol. The molecule has 1 aliphatic rings. The number of hydrazone groups is 1. The van der Waals surface area contributed by atoms with Gasteiger partial charge in [0.15, 0.2) is 5.71 Å². The molecule has 0 atom stereocenters. The van der Waals surface area contributed by atoms with Crippen molar-refractivity contribution in [3.63, 3.8) is 0 Å². The van der Waals surface area contributed by atoms with Crippen LogP contribution in [0.1, 0.15) is 32.6 Å². The Kier molecular flexibility index (Phi) is 6.16. The number of nitrogens with one attached hydrogen (secondary N) is 1. The number of para-hydroxylation sites is 1. The van der Waals surface area contributed by atoms with Gasteiger partial charge in [-0.3, -0.25) is 15.1 Å². The summed E-state index contributed by atoms with van der Waals surface area (Å²) in [5, 5.41) is 24.6. The van der Waals surface area contributed by atoms with Gasteiger partial charge >= 0.3 is 5.97 Å². The Hall–Kier alpha value is -4.98. The molecule has 1 amide bonds. The van der Waals surface area contributed by atoms with Crippen molar-refractivity contribution in [2.75, 3.05) is 10.3 Å². The first-order chi connectivity index (χ1) is 18.2. The number of carboxylic acid groups (broad SMARTS) is 1. The molecule has 0 radical (unpaired) electrons. The number of hydrogen-bond acceptors (Lipinski definition) is 5. The number of anilines is 3. The average molecular weight is 510 g/mol. The van der Waals surface area contributed by atoms with Crippen molar-refractivity contribution >= 4 is 34.7 Å². The van der Waals surface area contributed by atoms with Crippen LogP contribution < -0.4 is 10.3 Å². The van der Waals surface area contributed by atoms with E-state index in [1.807, 2.05) is 32.0 Å². The lowest BCUT2D eigenvalue weighted by Gasteiger charge is -2.18. The Morgan fingerprint density at radius 1 is 0.947 bits per heavy atom. The van der Waals surface area contributed by atoms with Gasteiger partial charge in [-0.2, -0.15) is 5.10 Å². The van der Waals surface area contributed by atoms with Crippen molar-refractivity contribution in [3.8, 4) is 16.9 Å². The van der Waals surface area contributed by atoms with Crippen LogP contribution in [-0.4, -0.2) is 27.8 Å². The molecule has 0 unspecified atom stereocenters. The molecule has 38 heavy (non-hydrogen) atoms. The number of aromatic hydroxyl groups is 1. The zero-order chi connectivity index (χ0) is 27.1. The monoisotopic (exact) mass is 509 g/mol. The van der Waals surface area contributed by atoms with E-state index in [1.54, 1.807) is 43.3 Å². The first-order valence-corrected chi connectivity index (χ1v) is 11.9. The second-order valence-electron chi connectivity index (χ2n) is 9.14. The normalized spacial score (nSPS) is 13.6. The quantitative estimate of drug-likeness (QED) is 0.216. The first-order valence-electron chi connectivity index (χ1n) is 11.9. The minimum atomic E-state index is -1.08. The third kappa shape index (κ3) is 4.16. The van der Waals surface area contributed by atoms with Gasteiger partial charge in [-0.05, 0) is 85.5 Å². The third-order valence-electron chi connectivity index (χ3n) is 6.75. The molecule has 1 heterocycles. The van der Waals surface area contributed by atoms with Crippen LogP contribution in [-0.2, 0) is 4.79 Å². The standard InChI is InChI=1S/C30H24FN3O4/c1-16-10-11-21(14-17(16)2)34-25-13-12-23(31)18(3)26(25)27(29(34)36)33-32-24-9-5-8-22(28(24)35)19-6-4-7-20(15-19)30(37)38/h4-15,32,35H,1-3H3,(H,37,38)/b33-27-. The van der Waals surface area contributed by atoms with Gasteiger partial charge in [0.2, 0.25) is 0 Å². The maximum atomic E-state index is 14.6. The lowest BCUT2D eigenvalue weighted by Crippen LogP contribution is -2.26. The molecule has 1 aliphatic heterocycles. The summed E-state index contributed by atoms with van der Waals surface area (Å²) in [5.41, 5.74) is 7.82. The van der Waals surface area contributed by atoms with Gasteiger partial charge < -0.3 is 10.2 Å². The summed E-state index contributed by atoms with van der Waals surface area (Å²) in [6.07, 6.45) is 0. The fourth-order valence-electron chi connectivity index (χ4n) is 4.51. The Bertz CT molecular complexity index is 1660. The van der Waals surface area contributed by atoms with E-state index in [0.717, 1.165) is 11.1 Å². The van der Waals surface area contributed by atoms with Crippen molar-refractivity contribution in [1.82, 2.24) is 0 Å². The van der Waals surface area contributed by atoms with Crippen LogP contribution >= 0.6 is 0 Å². The van der Waals surface area contributed by atoms with E-state index >= 15 is 0 Å². The molecule has 0 spiro atoms. The summed E-state index contributed by atoms with van der Waals surface area (Å²) in [6.45, 7) is 5.52.